The number of halogens is 1. The highest BCUT2D eigenvalue weighted by molar-refractivity contribution is 7.93. The van der Waals surface area contributed by atoms with Crippen molar-refractivity contribution in [1.82, 2.24) is 20.1 Å². The molecule has 2 heterocycles. The first-order valence-corrected chi connectivity index (χ1v) is 12.5. The van der Waals surface area contributed by atoms with Gasteiger partial charge in [-0.15, -0.1) is 11.3 Å². The van der Waals surface area contributed by atoms with Gasteiger partial charge in [0, 0.05) is 24.4 Å². The molecule has 170 valence electrons. The molecular weight excluding hydrogens is 437 g/mol. The Morgan fingerprint density at radius 2 is 2.03 bits per heavy atom. The summed E-state index contributed by atoms with van der Waals surface area (Å²) >= 11 is 1.23. The van der Waals surface area contributed by atoms with Crippen molar-refractivity contribution >= 4 is 27.2 Å². The van der Waals surface area contributed by atoms with Gasteiger partial charge in [-0.1, -0.05) is 42.5 Å². The third-order valence-electron chi connectivity index (χ3n) is 5.51. The Kier molecular flexibility index (Phi) is 7.17. The molecular formula is C21H30FN5O2S2. The molecule has 1 aliphatic rings. The fraction of sp³-hybridized carbons (Fsp3) is 0.476. The van der Waals surface area contributed by atoms with E-state index in [0.717, 1.165) is 5.56 Å². The lowest BCUT2D eigenvalue weighted by Crippen LogP contribution is -2.67. The predicted octanol–water partition coefficient (Wildman–Crippen LogP) is 3.57. The maximum Gasteiger partial charge on any atom is 0.286 e. The van der Waals surface area contributed by atoms with Crippen LogP contribution >= 0.6 is 11.3 Å². The number of anilines is 1. The summed E-state index contributed by atoms with van der Waals surface area (Å²) in [5.41, 5.74) is 1.50. The summed E-state index contributed by atoms with van der Waals surface area (Å²) in [6.45, 7) is 6.98. The lowest BCUT2D eigenvalue weighted by Gasteiger charge is -2.47. The van der Waals surface area contributed by atoms with Gasteiger partial charge >= 0.3 is 0 Å². The fourth-order valence-corrected chi connectivity index (χ4v) is 5.11. The van der Waals surface area contributed by atoms with Crippen molar-refractivity contribution in [3.63, 3.8) is 0 Å². The van der Waals surface area contributed by atoms with Gasteiger partial charge in [0.25, 0.3) is 15.1 Å². The van der Waals surface area contributed by atoms with Crippen LogP contribution in [0.3, 0.4) is 0 Å². The van der Waals surface area contributed by atoms with Crippen LogP contribution in [0.4, 0.5) is 10.2 Å². The van der Waals surface area contributed by atoms with Gasteiger partial charge in [-0.3, -0.25) is 14.5 Å². The van der Waals surface area contributed by atoms with Crippen molar-refractivity contribution in [3.8, 4) is 0 Å². The molecule has 0 saturated heterocycles. The van der Waals surface area contributed by atoms with Gasteiger partial charge in [-0.05, 0) is 33.4 Å². The Hall–Kier alpha value is -1.85. The zero-order chi connectivity index (χ0) is 22.7. The average Bonchev–Trinajstić information content (AvgIpc) is 3.20. The second kappa shape index (κ2) is 9.33. The number of hydrogen-bond donors (Lipinski definition) is 2. The van der Waals surface area contributed by atoms with Crippen LogP contribution in [0.15, 0.2) is 53.4 Å². The van der Waals surface area contributed by atoms with Crippen LogP contribution in [0.1, 0.15) is 32.8 Å². The summed E-state index contributed by atoms with van der Waals surface area (Å²) in [4.78, 5) is 8.07. The molecule has 1 aromatic heterocycles. The van der Waals surface area contributed by atoms with Crippen LogP contribution in [0.5, 0.6) is 0 Å². The van der Waals surface area contributed by atoms with Gasteiger partial charge in [0.15, 0.2) is 5.82 Å². The summed E-state index contributed by atoms with van der Waals surface area (Å²) in [7, 11) is -2.42. The highest BCUT2D eigenvalue weighted by Crippen LogP contribution is 2.33. The zero-order valence-corrected chi connectivity index (χ0v) is 19.9. The number of rotatable bonds is 9. The molecule has 2 aromatic rings. The largest absolute Gasteiger partial charge is 0.291 e. The molecule has 3 rings (SSSR count). The van der Waals surface area contributed by atoms with E-state index in [1.54, 1.807) is 13.0 Å². The normalized spacial score (nSPS) is 24.3. The Morgan fingerprint density at radius 1 is 1.32 bits per heavy atom. The number of benzene rings is 1. The molecule has 1 aromatic carbocycles. The van der Waals surface area contributed by atoms with Crippen molar-refractivity contribution in [2.24, 2.45) is 0 Å². The van der Waals surface area contributed by atoms with Crippen LogP contribution in [-0.4, -0.2) is 53.7 Å². The minimum Gasteiger partial charge on any atom is -0.291 e. The first-order chi connectivity index (χ1) is 14.5. The van der Waals surface area contributed by atoms with Gasteiger partial charge in [0.1, 0.15) is 0 Å². The quantitative estimate of drug-likeness (QED) is 0.334. The summed E-state index contributed by atoms with van der Waals surface area (Å²) in [5.74, 6) is 0.112. The molecule has 0 bridgehead atoms. The van der Waals surface area contributed by atoms with Gasteiger partial charge in [0.2, 0.25) is 0 Å². The molecule has 0 amide bonds. The molecule has 2 N–H and O–H groups in total. The molecule has 0 saturated carbocycles. The highest BCUT2D eigenvalue weighted by atomic mass is 32.2. The number of aromatic nitrogens is 1. The van der Waals surface area contributed by atoms with Crippen LogP contribution in [0.25, 0.3) is 0 Å². The third-order valence-corrected chi connectivity index (χ3v) is 7.69. The summed E-state index contributed by atoms with van der Waals surface area (Å²) < 4.78 is 44.1. The smallest absolute Gasteiger partial charge is 0.286 e. The number of thiazole rings is 1. The monoisotopic (exact) mass is 467 g/mol. The Balaban J connectivity index is 1.90. The molecule has 0 aliphatic carbocycles. The molecule has 2 unspecified atom stereocenters. The molecule has 2 atom stereocenters. The Bertz CT molecular complexity index is 984. The van der Waals surface area contributed by atoms with E-state index < -0.39 is 20.8 Å². The van der Waals surface area contributed by atoms with Crippen molar-refractivity contribution in [2.45, 2.75) is 50.6 Å². The van der Waals surface area contributed by atoms with E-state index >= 15 is 4.39 Å². The van der Waals surface area contributed by atoms with E-state index in [9.17, 15) is 8.42 Å². The predicted molar refractivity (Wildman–Crippen MR) is 124 cm³/mol. The van der Waals surface area contributed by atoms with E-state index in [0.29, 0.717) is 13.2 Å². The standard InChI is InChI=1S/C21H30FN5O2S2/c1-17(2)26(4)16-27(13-18-9-6-5-7-10-18)20(3)11-8-12-21(22,25-20)31(28,29)24-19-14-30-15-23-19/h5-11,14-15,17,24-25H,12-13,16H2,1-4H3. The fourth-order valence-electron chi connectivity index (χ4n) is 3.35. The lowest BCUT2D eigenvalue weighted by atomic mass is 10.0. The van der Waals surface area contributed by atoms with Gasteiger partial charge in [-0.2, -0.15) is 0 Å². The van der Waals surface area contributed by atoms with Crippen LogP contribution in [0, 0.1) is 0 Å². The Labute approximate surface area is 188 Å². The molecule has 31 heavy (non-hydrogen) atoms. The molecule has 0 radical (unpaired) electrons. The van der Waals surface area contributed by atoms with E-state index in [1.807, 2.05) is 48.4 Å². The summed E-state index contributed by atoms with van der Waals surface area (Å²) in [6.07, 6.45) is 3.12. The second-order valence-electron chi connectivity index (χ2n) is 8.26. The number of sulfonamides is 1. The zero-order valence-electron chi connectivity index (χ0n) is 18.2. The summed E-state index contributed by atoms with van der Waals surface area (Å²) in [5, 5.41) is 1.63. The Morgan fingerprint density at radius 3 is 2.65 bits per heavy atom. The van der Waals surface area contributed by atoms with Gasteiger partial charge < -0.3 is 0 Å². The molecule has 7 nitrogen and oxygen atoms in total. The first kappa shape index (κ1) is 23.8. The number of nitrogens with one attached hydrogen (secondary N) is 2. The topological polar surface area (TPSA) is 77.6 Å². The van der Waals surface area contributed by atoms with E-state index in [1.165, 1.54) is 22.2 Å². The number of alkyl halides is 1. The molecule has 0 fully saturated rings. The number of hydrogen-bond acceptors (Lipinski definition) is 7. The number of nitrogens with zero attached hydrogens (tertiary/aromatic N) is 3. The minimum absolute atomic E-state index is 0.112. The lowest BCUT2D eigenvalue weighted by molar-refractivity contribution is -0.000345. The minimum atomic E-state index is -4.40. The first-order valence-electron chi connectivity index (χ1n) is 10.1. The van der Waals surface area contributed by atoms with Crippen molar-refractivity contribution in [2.75, 3.05) is 18.4 Å². The van der Waals surface area contributed by atoms with Crippen molar-refractivity contribution < 1.29 is 12.8 Å². The van der Waals surface area contributed by atoms with Crippen LogP contribution in [-0.2, 0) is 16.6 Å². The van der Waals surface area contributed by atoms with Crippen LogP contribution in [0.2, 0.25) is 0 Å². The maximum absolute atomic E-state index is 16.0. The van der Waals surface area contributed by atoms with Crippen LogP contribution < -0.4 is 10.0 Å². The highest BCUT2D eigenvalue weighted by Gasteiger charge is 2.51. The molecule has 10 heteroatoms. The third kappa shape index (κ3) is 5.50. The van der Waals surface area contributed by atoms with E-state index in [4.69, 9.17) is 0 Å². The van der Waals surface area contributed by atoms with Gasteiger partial charge in [-0.25, -0.2) is 23.1 Å². The molecule has 1 aliphatic heterocycles. The van der Waals surface area contributed by atoms with E-state index in [-0.39, 0.29) is 18.3 Å². The van der Waals surface area contributed by atoms with Gasteiger partial charge in [0.05, 0.1) is 17.8 Å². The maximum atomic E-state index is 16.0. The van der Waals surface area contributed by atoms with Crippen molar-refractivity contribution in [3.05, 3.63) is 58.9 Å². The average molecular weight is 468 g/mol. The van der Waals surface area contributed by atoms with E-state index in [2.05, 4.69) is 33.8 Å². The van der Waals surface area contributed by atoms with Crippen molar-refractivity contribution in [1.29, 1.82) is 0 Å². The SMILES string of the molecule is CC(C)N(C)CN(Cc1ccccc1)C1(C)C=CCC(F)(S(=O)(=O)Nc2cscn2)N1. The molecule has 0 spiro atoms. The summed E-state index contributed by atoms with van der Waals surface area (Å²) in [6, 6.07) is 10.1. The second-order valence-corrected chi connectivity index (χ2v) is 10.8.